The van der Waals surface area contributed by atoms with Crippen LogP contribution in [0.2, 0.25) is 0 Å². The van der Waals surface area contributed by atoms with Gasteiger partial charge in [0.15, 0.2) is 0 Å². The third kappa shape index (κ3) is 1.13. The first kappa shape index (κ1) is 10.3. The van der Waals surface area contributed by atoms with E-state index in [4.69, 9.17) is 0 Å². The normalized spacial score (nSPS) is 13.6. The minimum atomic E-state index is 1.04. The molecule has 0 radical (unpaired) electrons. The van der Waals surface area contributed by atoms with Gasteiger partial charge in [-0.3, -0.25) is 0 Å². The Balaban J connectivity index is 2.18. The number of aromatic nitrogens is 1. The number of hydrogen-bond acceptors (Lipinski definition) is 0. The van der Waals surface area contributed by atoms with Gasteiger partial charge < -0.3 is 4.98 Å². The van der Waals surface area contributed by atoms with Crippen LogP contribution < -0.4 is 0 Å². The quantitative estimate of drug-likeness (QED) is 0.453. The zero-order valence-corrected chi connectivity index (χ0v) is 11.0. The minimum Gasteiger partial charge on any atom is -0.354 e. The van der Waals surface area contributed by atoms with Crippen LogP contribution in [-0.2, 0) is 6.42 Å². The number of H-pyrrole nitrogens is 1. The van der Waals surface area contributed by atoms with Gasteiger partial charge in [-0.1, -0.05) is 54.6 Å². The third-order valence-corrected chi connectivity index (χ3v) is 4.43. The molecule has 0 bridgehead atoms. The molecular formula is C19H13N. The van der Waals surface area contributed by atoms with Crippen LogP contribution in [0.4, 0.5) is 0 Å². The Bertz CT molecular complexity index is 1020. The molecule has 1 aliphatic rings. The van der Waals surface area contributed by atoms with Crippen molar-refractivity contribution in [2.75, 3.05) is 0 Å². The number of aromatic amines is 1. The van der Waals surface area contributed by atoms with E-state index in [9.17, 15) is 0 Å². The van der Waals surface area contributed by atoms with Crippen molar-refractivity contribution in [1.29, 1.82) is 0 Å². The molecule has 1 aromatic heterocycles. The SMILES string of the molecule is C1=Cc2c(c3c4ccccc4[nH]c3c3ccccc23)C1. The fourth-order valence-electron chi connectivity index (χ4n) is 3.59. The Labute approximate surface area is 116 Å². The predicted octanol–water partition coefficient (Wildman–Crippen LogP) is 5.04. The summed E-state index contributed by atoms with van der Waals surface area (Å²) in [6.45, 7) is 0. The van der Waals surface area contributed by atoms with E-state index in [2.05, 4.69) is 65.7 Å². The minimum absolute atomic E-state index is 1.04. The van der Waals surface area contributed by atoms with Gasteiger partial charge in [0.25, 0.3) is 0 Å². The van der Waals surface area contributed by atoms with Crippen LogP contribution in [0.5, 0.6) is 0 Å². The molecule has 94 valence electrons. The van der Waals surface area contributed by atoms with Crippen LogP contribution in [0, 0.1) is 0 Å². The molecule has 0 amide bonds. The lowest BCUT2D eigenvalue weighted by molar-refractivity contribution is 1.36. The Morgan fingerprint density at radius 1 is 0.800 bits per heavy atom. The molecule has 4 aromatic rings. The maximum absolute atomic E-state index is 3.62. The first-order valence-electron chi connectivity index (χ1n) is 7.04. The predicted molar refractivity (Wildman–Crippen MR) is 86.0 cm³/mol. The average Bonchev–Trinajstić information content (AvgIpc) is 3.11. The number of para-hydroxylation sites is 1. The maximum atomic E-state index is 3.62. The molecule has 0 unspecified atom stereocenters. The number of rotatable bonds is 0. The third-order valence-electron chi connectivity index (χ3n) is 4.43. The molecule has 0 fully saturated rings. The monoisotopic (exact) mass is 255 g/mol. The van der Waals surface area contributed by atoms with Crippen LogP contribution in [0.3, 0.4) is 0 Å². The van der Waals surface area contributed by atoms with Gasteiger partial charge in [-0.2, -0.15) is 0 Å². The highest BCUT2D eigenvalue weighted by molar-refractivity contribution is 6.21. The first-order valence-corrected chi connectivity index (χ1v) is 7.04. The van der Waals surface area contributed by atoms with Gasteiger partial charge in [-0.15, -0.1) is 0 Å². The maximum Gasteiger partial charge on any atom is 0.0547 e. The fourth-order valence-corrected chi connectivity index (χ4v) is 3.59. The second kappa shape index (κ2) is 3.51. The molecule has 3 aromatic carbocycles. The second-order valence-corrected chi connectivity index (χ2v) is 5.46. The molecule has 0 spiro atoms. The van der Waals surface area contributed by atoms with Crippen molar-refractivity contribution in [1.82, 2.24) is 4.98 Å². The smallest absolute Gasteiger partial charge is 0.0547 e. The number of fused-ring (bicyclic) bond motifs is 8. The molecule has 20 heavy (non-hydrogen) atoms. The van der Waals surface area contributed by atoms with E-state index in [0.29, 0.717) is 0 Å². The highest BCUT2D eigenvalue weighted by Gasteiger charge is 2.18. The number of hydrogen-bond donors (Lipinski definition) is 1. The summed E-state index contributed by atoms with van der Waals surface area (Å²) in [6.07, 6.45) is 5.59. The summed E-state index contributed by atoms with van der Waals surface area (Å²) in [5, 5.41) is 5.42. The second-order valence-electron chi connectivity index (χ2n) is 5.46. The van der Waals surface area contributed by atoms with Crippen molar-refractivity contribution in [3.05, 3.63) is 65.7 Å². The largest absolute Gasteiger partial charge is 0.354 e. The van der Waals surface area contributed by atoms with E-state index in [1.54, 1.807) is 0 Å². The van der Waals surface area contributed by atoms with E-state index in [-0.39, 0.29) is 0 Å². The Morgan fingerprint density at radius 3 is 2.45 bits per heavy atom. The highest BCUT2D eigenvalue weighted by Crippen LogP contribution is 2.40. The summed E-state index contributed by atoms with van der Waals surface area (Å²) in [4.78, 5) is 3.62. The molecule has 0 saturated heterocycles. The summed E-state index contributed by atoms with van der Waals surface area (Å²) in [6, 6.07) is 17.3. The van der Waals surface area contributed by atoms with E-state index in [0.717, 1.165) is 6.42 Å². The number of allylic oxidation sites excluding steroid dienone is 1. The molecule has 1 heterocycles. The first-order chi connectivity index (χ1) is 9.93. The summed E-state index contributed by atoms with van der Waals surface area (Å²) in [5.74, 6) is 0. The van der Waals surface area contributed by atoms with E-state index < -0.39 is 0 Å². The van der Waals surface area contributed by atoms with Crippen molar-refractivity contribution >= 4 is 38.7 Å². The Hall–Kier alpha value is -2.54. The zero-order valence-electron chi connectivity index (χ0n) is 11.0. The highest BCUT2D eigenvalue weighted by atomic mass is 14.7. The average molecular weight is 255 g/mol. The van der Waals surface area contributed by atoms with E-state index >= 15 is 0 Å². The standard InChI is InChI=1S/C19H13N/c1-2-7-15-13(6-1)12-9-5-10-14(12)18-16-8-3-4-11-17(16)20-19(15)18/h1-9,11,20H,10H2. The lowest BCUT2D eigenvalue weighted by Crippen LogP contribution is -1.87. The van der Waals surface area contributed by atoms with Crippen LogP contribution in [-0.4, -0.2) is 4.98 Å². The summed E-state index contributed by atoms with van der Waals surface area (Å²) in [7, 11) is 0. The molecule has 1 heteroatoms. The van der Waals surface area contributed by atoms with Gasteiger partial charge in [0, 0.05) is 21.7 Å². The van der Waals surface area contributed by atoms with Gasteiger partial charge in [0.05, 0.1) is 5.52 Å². The Morgan fingerprint density at radius 2 is 1.55 bits per heavy atom. The van der Waals surface area contributed by atoms with Crippen molar-refractivity contribution in [3.63, 3.8) is 0 Å². The van der Waals surface area contributed by atoms with Crippen molar-refractivity contribution < 1.29 is 0 Å². The molecule has 0 aliphatic heterocycles. The lowest BCUT2D eigenvalue weighted by atomic mass is 9.95. The van der Waals surface area contributed by atoms with Crippen molar-refractivity contribution in [2.24, 2.45) is 0 Å². The van der Waals surface area contributed by atoms with Gasteiger partial charge in [-0.25, -0.2) is 0 Å². The Kier molecular flexibility index (Phi) is 1.80. The summed E-state index contributed by atoms with van der Waals surface area (Å²) < 4.78 is 0. The molecular weight excluding hydrogens is 242 g/mol. The summed E-state index contributed by atoms with van der Waals surface area (Å²) in [5.41, 5.74) is 5.38. The van der Waals surface area contributed by atoms with Crippen LogP contribution in [0.25, 0.3) is 38.7 Å². The number of benzene rings is 3. The molecule has 5 rings (SSSR count). The molecule has 1 N–H and O–H groups in total. The molecule has 1 nitrogen and oxygen atoms in total. The van der Waals surface area contributed by atoms with Gasteiger partial charge in [0.2, 0.25) is 0 Å². The molecule has 1 aliphatic carbocycles. The van der Waals surface area contributed by atoms with Crippen molar-refractivity contribution in [2.45, 2.75) is 6.42 Å². The van der Waals surface area contributed by atoms with E-state index in [1.807, 2.05) is 0 Å². The van der Waals surface area contributed by atoms with E-state index in [1.165, 1.54) is 43.7 Å². The molecule has 0 saturated carbocycles. The van der Waals surface area contributed by atoms with Gasteiger partial charge in [-0.05, 0) is 29.0 Å². The van der Waals surface area contributed by atoms with Crippen LogP contribution in [0.15, 0.2) is 54.6 Å². The summed E-state index contributed by atoms with van der Waals surface area (Å²) >= 11 is 0. The van der Waals surface area contributed by atoms with Gasteiger partial charge in [0.1, 0.15) is 0 Å². The zero-order chi connectivity index (χ0) is 13.1. The molecule has 0 atom stereocenters. The number of nitrogens with one attached hydrogen (secondary N) is 1. The van der Waals surface area contributed by atoms with Crippen LogP contribution in [0.1, 0.15) is 11.1 Å². The van der Waals surface area contributed by atoms with Crippen LogP contribution >= 0.6 is 0 Å². The topological polar surface area (TPSA) is 15.8 Å². The fraction of sp³-hybridized carbons (Fsp3) is 0.0526. The van der Waals surface area contributed by atoms with Gasteiger partial charge >= 0.3 is 0 Å². The lowest BCUT2D eigenvalue weighted by Gasteiger charge is -2.08. The van der Waals surface area contributed by atoms with Crippen molar-refractivity contribution in [3.8, 4) is 0 Å².